The van der Waals surface area contributed by atoms with Crippen LogP contribution in [0.4, 0.5) is 11.4 Å². The number of hydrogen-bond acceptors (Lipinski definition) is 3. The molecule has 3 nitrogen and oxygen atoms in total. The van der Waals surface area contributed by atoms with E-state index in [1.54, 1.807) is 12.3 Å². The van der Waals surface area contributed by atoms with Crippen molar-refractivity contribution in [1.82, 2.24) is 4.98 Å². The van der Waals surface area contributed by atoms with Crippen molar-refractivity contribution in [2.75, 3.05) is 11.4 Å². The summed E-state index contributed by atoms with van der Waals surface area (Å²) in [5.41, 5.74) is 2.69. The lowest BCUT2D eigenvalue weighted by molar-refractivity contribution is 0.101. The van der Waals surface area contributed by atoms with E-state index in [4.69, 9.17) is 0 Å². The molecule has 0 saturated heterocycles. The Morgan fingerprint density at radius 3 is 2.40 bits per heavy atom. The summed E-state index contributed by atoms with van der Waals surface area (Å²) in [7, 11) is 0. The summed E-state index contributed by atoms with van der Waals surface area (Å²) in [6.45, 7) is 4.66. The standard InChI is InChI=1S/C17H20N2O/c1-3-4-12-19(15-8-6-5-7-9-15)16-10-11-17(14(2)20)18-13-16/h5-11,13H,3-4,12H2,1-2H3. The lowest BCUT2D eigenvalue weighted by atomic mass is 10.2. The molecule has 0 aliphatic heterocycles. The lowest BCUT2D eigenvalue weighted by Gasteiger charge is -2.24. The Balaban J connectivity index is 2.28. The Labute approximate surface area is 120 Å². The number of nitrogens with zero attached hydrogens (tertiary/aromatic N) is 2. The largest absolute Gasteiger partial charge is 0.340 e. The number of benzene rings is 1. The van der Waals surface area contributed by atoms with Crippen LogP contribution in [-0.2, 0) is 0 Å². The van der Waals surface area contributed by atoms with Gasteiger partial charge in [0, 0.05) is 19.2 Å². The Morgan fingerprint density at radius 1 is 1.10 bits per heavy atom. The highest BCUT2D eigenvalue weighted by atomic mass is 16.1. The maximum atomic E-state index is 11.3. The van der Waals surface area contributed by atoms with Crippen molar-refractivity contribution in [2.24, 2.45) is 0 Å². The Kier molecular flexibility index (Phi) is 4.88. The number of pyridine rings is 1. The van der Waals surface area contributed by atoms with Crippen molar-refractivity contribution in [3.8, 4) is 0 Å². The normalized spacial score (nSPS) is 10.3. The number of aromatic nitrogens is 1. The number of Topliss-reactive ketones (excluding diaryl/α,β-unsaturated/α-hetero) is 1. The molecular weight excluding hydrogens is 248 g/mol. The van der Waals surface area contributed by atoms with E-state index in [1.807, 2.05) is 24.3 Å². The lowest BCUT2D eigenvalue weighted by Crippen LogP contribution is -2.18. The van der Waals surface area contributed by atoms with E-state index in [0.717, 1.165) is 30.8 Å². The molecule has 0 bridgehead atoms. The molecule has 0 aliphatic carbocycles. The number of carbonyl (C=O) groups is 1. The second-order valence-corrected chi connectivity index (χ2v) is 4.80. The SMILES string of the molecule is CCCCN(c1ccccc1)c1ccc(C(C)=O)nc1. The van der Waals surface area contributed by atoms with E-state index < -0.39 is 0 Å². The number of unbranched alkanes of at least 4 members (excludes halogenated alkanes) is 1. The fourth-order valence-corrected chi connectivity index (χ4v) is 2.09. The predicted molar refractivity (Wildman–Crippen MR) is 82.6 cm³/mol. The first-order valence-corrected chi connectivity index (χ1v) is 7.02. The zero-order chi connectivity index (χ0) is 14.4. The highest BCUT2D eigenvalue weighted by molar-refractivity contribution is 5.92. The smallest absolute Gasteiger partial charge is 0.178 e. The number of hydrogen-bond donors (Lipinski definition) is 0. The minimum atomic E-state index is -0.00336. The van der Waals surface area contributed by atoms with Crippen LogP contribution in [0.2, 0.25) is 0 Å². The van der Waals surface area contributed by atoms with Gasteiger partial charge in [-0.05, 0) is 30.7 Å². The Hall–Kier alpha value is -2.16. The van der Waals surface area contributed by atoms with E-state index in [-0.39, 0.29) is 5.78 Å². The molecule has 104 valence electrons. The molecule has 0 fully saturated rings. The van der Waals surface area contributed by atoms with E-state index in [1.165, 1.54) is 6.92 Å². The molecule has 0 N–H and O–H groups in total. The monoisotopic (exact) mass is 268 g/mol. The van der Waals surface area contributed by atoms with Gasteiger partial charge in [0.25, 0.3) is 0 Å². The maximum absolute atomic E-state index is 11.3. The zero-order valence-electron chi connectivity index (χ0n) is 12.0. The number of para-hydroxylation sites is 1. The zero-order valence-corrected chi connectivity index (χ0v) is 12.0. The first kappa shape index (κ1) is 14.3. The first-order chi connectivity index (χ1) is 9.72. The van der Waals surface area contributed by atoms with Gasteiger partial charge in [0.2, 0.25) is 0 Å². The van der Waals surface area contributed by atoms with Gasteiger partial charge in [0.1, 0.15) is 5.69 Å². The topological polar surface area (TPSA) is 33.2 Å². The molecule has 1 aromatic carbocycles. The number of carbonyl (C=O) groups excluding carboxylic acids is 1. The summed E-state index contributed by atoms with van der Waals surface area (Å²) in [6.07, 6.45) is 4.03. The molecular formula is C17H20N2O. The van der Waals surface area contributed by atoms with E-state index in [9.17, 15) is 4.79 Å². The molecule has 0 saturated carbocycles. The summed E-state index contributed by atoms with van der Waals surface area (Å²) in [5, 5.41) is 0. The van der Waals surface area contributed by atoms with Gasteiger partial charge in [0.05, 0.1) is 11.9 Å². The van der Waals surface area contributed by atoms with Crippen molar-refractivity contribution in [3.63, 3.8) is 0 Å². The van der Waals surface area contributed by atoms with Crippen LogP contribution in [-0.4, -0.2) is 17.3 Å². The molecule has 0 atom stereocenters. The molecule has 0 aliphatic rings. The van der Waals surface area contributed by atoms with Gasteiger partial charge in [-0.2, -0.15) is 0 Å². The van der Waals surface area contributed by atoms with Crippen LogP contribution < -0.4 is 4.90 Å². The van der Waals surface area contributed by atoms with Crippen LogP contribution in [0.3, 0.4) is 0 Å². The van der Waals surface area contributed by atoms with Gasteiger partial charge in [-0.15, -0.1) is 0 Å². The third-order valence-corrected chi connectivity index (χ3v) is 3.22. The quantitative estimate of drug-likeness (QED) is 0.735. The molecule has 0 unspecified atom stereocenters. The first-order valence-electron chi connectivity index (χ1n) is 7.02. The summed E-state index contributed by atoms with van der Waals surface area (Å²) >= 11 is 0. The van der Waals surface area contributed by atoms with E-state index in [0.29, 0.717) is 5.69 Å². The molecule has 0 spiro atoms. The minimum absolute atomic E-state index is 0.00336. The summed E-state index contributed by atoms with van der Waals surface area (Å²) < 4.78 is 0. The Morgan fingerprint density at radius 2 is 1.85 bits per heavy atom. The summed E-state index contributed by atoms with van der Waals surface area (Å²) in [5.74, 6) is -0.00336. The molecule has 20 heavy (non-hydrogen) atoms. The molecule has 0 amide bonds. The van der Waals surface area contributed by atoms with Gasteiger partial charge in [0.15, 0.2) is 5.78 Å². The second-order valence-electron chi connectivity index (χ2n) is 4.80. The van der Waals surface area contributed by atoms with Crippen LogP contribution in [0.15, 0.2) is 48.7 Å². The van der Waals surface area contributed by atoms with Crippen LogP contribution >= 0.6 is 0 Å². The molecule has 3 heteroatoms. The second kappa shape index (κ2) is 6.85. The molecule has 2 aromatic rings. The van der Waals surface area contributed by atoms with Crippen LogP contribution in [0.5, 0.6) is 0 Å². The fraction of sp³-hybridized carbons (Fsp3) is 0.294. The Bertz CT molecular complexity index is 549. The molecule has 2 rings (SSSR count). The minimum Gasteiger partial charge on any atom is -0.340 e. The number of rotatable bonds is 6. The number of ketones is 1. The molecule has 1 aromatic heterocycles. The molecule has 0 radical (unpaired) electrons. The van der Waals surface area contributed by atoms with Crippen molar-refractivity contribution in [3.05, 3.63) is 54.4 Å². The van der Waals surface area contributed by atoms with Crippen LogP contribution in [0.1, 0.15) is 37.2 Å². The highest BCUT2D eigenvalue weighted by Crippen LogP contribution is 2.25. The van der Waals surface area contributed by atoms with Crippen molar-refractivity contribution < 1.29 is 4.79 Å². The van der Waals surface area contributed by atoms with Gasteiger partial charge >= 0.3 is 0 Å². The summed E-state index contributed by atoms with van der Waals surface area (Å²) in [4.78, 5) is 17.8. The van der Waals surface area contributed by atoms with Crippen molar-refractivity contribution >= 4 is 17.2 Å². The van der Waals surface area contributed by atoms with E-state index >= 15 is 0 Å². The van der Waals surface area contributed by atoms with Gasteiger partial charge in [-0.3, -0.25) is 9.78 Å². The van der Waals surface area contributed by atoms with Gasteiger partial charge in [-0.25, -0.2) is 0 Å². The maximum Gasteiger partial charge on any atom is 0.178 e. The van der Waals surface area contributed by atoms with Crippen LogP contribution in [0.25, 0.3) is 0 Å². The third kappa shape index (κ3) is 3.44. The van der Waals surface area contributed by atoms with E-state index in [2.05, 4.69) is 28.9 Å². The number of anilines is 2. The fourth-order valence-electron chi connectivity index (χ4n) is 2.09. The average Bonchev–Trinajstić information content (AvgIpc) is 2.49. The van der Waals surface area contributed by atoms with Gasteiger partial charge in [-0.1, -0.05) is 31.5 Å². The van der Waals surface area contributed by atoms with Crippen molar-refractivity contribution in [2.45, 2.75) is 26.7 Å². The summed E-state index contributed by atoms with van der Waals surface area (Å²) in [6, 6.07) is 14.0. The third-order valence-electron chi connectivity index (χ3n) is 3.22. The van der Waals surface area contributed by atoms with Crippen LogP contribution in [0, 0.1) is 0 Å². The average molecular weight is 268 g/mol. The van der Waals surface area contributed by atoms with Crippen molar-refractivity contribution in [1.29, 1.82) is 0 Å². The highest BCUT2D eigenvalue weighted by Gasteiger charge is 2.09. The predicted octanol–water partition coefficient (Wildman–Crippen LogP) is 4.22. The van der Waals surface area contributed by atoms with Gasteiger partial charge < -0.3 is 4.90 Å². The molecule has 1 heterocycles.